The third kappa shape index (κ3) is 2.20. The van der Waals surface area contributed by atoms with Gasteiger partial charge < -0.3 is 9.47 Å². The highest BCUT2D eigenvalue weighted by Crippen LogP contribution is 2.31. The second kappa shape index (κ2) is 3.88. The lowest BCUT2D eigenvalue weighted by molar-refractivity contribution is -0.0688. The van der Waals surface area contributed by atoms with Gasteiger partial charge in [-0.3, -0.25) is 0 Å². The minimum absolute atomic E-state index is 0.121. The summed E-state index contributed by atoms with van der Waals surface area (Å²) in [7, 11) is 1.67. The van der Waals surface area contributed by atoms with Crippen molar-refractivity contribution in [2.75, 3.05) is 13.7 Å². The molecule has 3 heteroatoms. The van der Waals surface area contributed by atoms with Gasteiger partial charge in [0.25, 0.3) is 0 Å². The second-order valence-corrected chi connectivity index (χ2v) is 3.52. The number of nitrogens with zero attached hydrogens (tertiary/aromatic N) is 1. The third-order valence-electron chi connectivity index (χ3n) is 2.21. The zero-order chi connectivity index (χ0) is 9.03. The van der Waals surface area contributed by atoms with E-state index < -0.39 is 0 Å². The van der Waals surface area contributed by atoms with Gasteiger partial charge in [0.15, 0.2) is 0 Å². The van der Waals surface area contributed by atoms with Crippen LogP contribution in [0.3, 0.4) is 0 Å². The van der Waals surface area contributed by atoms with Crippen LogP contribution < -0.4 is 0 Å². The highest BCUT2D eigenvalue weighted by atomic mass is 16.5. The van der Waals surface area contributed by atoms with E-state index in [1.807, 2.05) is 6.92 Å². The van der Waals surface area contributed by atoms with Gasteiger partial charge in [-0.15, -0.1) is 0 Å². The maximum absolute atomic E-state index is 8.47. The van der Waals surface area contributed by atoms with E-state index in [0.717, 1.165) is 12.8 Å². The Morgan fingerprint density at radius 3 is 3.08 bits per heavy atom. The van der Waals surface area contributed by atoms with Crippen molar-refractivity contribution in [3.05, 3.63) is 0 Å². The Morgan fingerprint density at radius 2 is 2.50 bits per heavy atom. The van der Waals surface area contributed by atoms with Crippen LogP contribution in [0, 0.1) is 11.3 Å². The first-order valence-corrected chi connectivity index (χ1v) is 4.24. The fraction of sp³-hybridized carbons (Fsp3) is 0.889. The van der Waals surface area contributed by atoms with Gasteiger partial charge in [-0.25, -0.2) is 0 Å². The molecule has 1 aliphatic rings. The maximum Gasteiger partial charge on any atom is 0.0891 e. The summed E-state index contributed by atoms with van der Waals surface area (Å²) in [5.74, 6) is 0. The van der Waals surface area contributed by atoms with Gasteiger partial charge in [0.1, 0.15) is 0 Å². The van der Waals surface area contributed by atoms with Crippen LogP contribution in [-0.4, -0.2) is 25.4 Å². The van der Waals surface area contributed by atoms with Crippen molar-refractivity contribution in [3.8, 4) is 6.07 Å². The Kier molecular flexibility index (Phi) is 3.07. The lowest BCUT2D eigenvalue weighted by Gasteiger charge is -2.23. The summed E-state index contributed by atoms with van der Waals surface area (Å²) >= 11 is 0. The smallest absolute Gasteiger partial charge is 0.0891 e. The van der Waals surface area contributed by atoms with Crippen LogP contribution >= 0.6 is 0 Å². The molecule has 12 heavy (non-hydrogen) atoms. The molecule has 0 bridgehead atoms. The molecule has 1 aliphatic heterocycles. The van der Waals surface area contributed by atoms with Gasteiger partial charge in [0.05, 0.1) is 30.8 Å². The molecule has 0 aromatic heterocycles. The van der Waals surface area contributed by atoms with Crippen molar-refractivity contribution in [1.29, 1.82) is 5.26 Å². The van der Waals surface area contributed by atoms with Crippen molar-refractivity contribution in [1.82, 2.24) is 0 Å². The molecule has 1 rings (SSSR count). The number of hydrogen-bond donors (Lipinski definition) is 0. The lowest BCUT2D eigenvalue weighted by atomic mass is 10.0. The van der Waals surface area contributed by atoms with E-state index in [9.17, 15) is 0 Å². The minimum atomic E-state index is -0.156. The maximum atomic E-state index is 8.47. The summed E-state index contributed by atoms with van der Waals surface area (Å²) in [6, 6.07) is 2.12. The summed E-state index contributed by atoms with van der Waals surface area (Å²) < 4.78 is 10.7. The normalized spacial score (nSPS) is 34.9. The van der Waals surface area contributed by atoms with Crippen LogP contribution in [-0.2, 0) is 9.47 Å². The average Bonchev–Trinajstić information content (AvgIpc) is 2.34. The Labute approximate surface area is 73.3 Å². The Bertz CT molecular complexity index is 187. The van der Waals surface area contributed by atoms with E-state index in [2.05, 4.69) is 6.07 Å². The monoisotopic (exact) mass is 169 g/mol. The summed E-state index contributed by atoms with van der Waals surface area (Å²) in [4.78, 5) is 0. The van der Waals surface area contributed by atoms with Gasteiger partial charge in [0.2, 0.25) is 0 Å². The van der Waals surface area contributed by atoms with E-state index in [1.165, 1.54) is 0 Å². The summed E-state index contributed by atoms with van der Waals surface area (Å²) in [5, 5.41) is 8.47. The van der Waals surface area contributed by atoms with Crippen molar-refractivity contribution < 1.29 is 9.47 Å². The zero-order valence-electron chi connectivity index (χ0n) is 7.67. The molecule has 0 aliphatic carbocycles. The van der Waals surface area contributed by atoms with Crippen molar-refractivity contribution in [2.24, 2.45) is 0 Å². The molecular formula is C9H15NO2. The number of ether oxygens (including phenoxy) is 2. The lowest BCUT2D eigenvalue weighted by Crippen LogP contribution is -2.30. The van der Waals surface area contributed by atoms with Gasteiger partial charge in [-0.1, -0.05) is 0 Å². The largest absolute Gasteiger partial charge is 0.382 e. The third-order valence-corrected chi connectivity index (χ3v) is 2.21. The number of rotatable bonds is 3. The van der Waals surface area contributed by atoms with Crippen LogP contribution in [0.15, 0.2) is 0 Å². The number of hydrogen-bond acceptors (Lipinski definition) is 3. The average molecular weight is 169 g/mol. The Morgan fingerprint density at radius 1 is 1.75 bits per heavy atom. The van der Waals surface area contributed by atoms with Crippen LogP contribution in [0.2, 0.25) is 0 Å². The highest BCUT2D eigenvalue weighted by molar-refractivity contribution is 4.88. The molecular weight excluding hydrogens is 154 g/mol. The summed E-state index contributed by atoms with van der Waals surface area (Å²) in [5.41, 5.74) is -0.156. The van der Waals surface area contributed by atoms with Gasteiger partial charge >= 0.3 is 0 Å². The molecule has 0 aromatic carbocycles. The minimum Gasteiger partial charge on any atom is -0.382 e. The molecule has 2 unspecified atom stereocenters. The van der Waals surface area contributed by atoms with Crippen LogP contribution in [0.4, 0.5) is 0 Å². The van der Waals surface area contributed by atoms with Crippen molar-refractivity contribution in [3.63, 3.8) is 0 Å². The second-order valence-electron chi connectivity index (χ2n) is 3.52. The van der Waals surface area contributed by atoms with Crippen LogP contribution in [0.5, 0.6) is 0 Å². The van der Waals surface area contributed by atoms with Crippen molar-refractivity contribution >= 4 is 0 Å². The van der Waals surface area contributed by atoms with E-state index >= 15 is 0 Å². The predicted octanol–water partition coefficient (Wildman–Crippen LogP) is 1.48. The molecule has 68 valence electrons. The van der Waals surface area contributed by atoms with Crippen LogP contribution in [0.1, 0.15) is 26.2 Å². The predicted molar refractivity (Wildman–Crippen MR) is 44.6 cm³/mol. The molecule has 0 saturated carbocycles. The number of nitriles is 1. The van der Waals surface area contributed by atoms with E-state index in [4.69, 9.17) is 14.7 Å². The topological polar surface area (TPSA) is 42.2 Å². The first kappa shape index (κ1) is 9.50. The molecule has 0 radical (unpaired) electrons. The van der Waals surface area contributed by atoms with E-state index in [1.54, 1.807) is 7.11 Å². The molecule has 2 atom stereocenters. The van der Waals surface area contributed by atoms with E-state index in [-0.39, 0.29) is 11.7 Å². The summed E-state index contributed by atoms with van der Waals surface area (Å²) in [6.45, 7) is 2.66. The number of methoxy groups -OCH3 is 1. The fourth-order valence-electron chi connectivity index (χ4n) is 1.64. The zero-order valence-corrected chi connectivity index (χ0v) is 7.67. The molecule has 3 nitrogen and oxygen atoms in total. The highest BCUT2D eigenvalue weighted by Gasteiger charge is 2.35. The molecule has 0 N–H and O–H groups in total. The molecule has 1 fully saturated rings. The molecule has 0 amide bonds. The molecule has 0 aromatic rings. The van der Waals surface area contributed by atoms with E-state index in [0.29, 0.717) is 13.0 Å². The van der Waals surface area contributed by atoms with Gasteiger partial charge in [0, 0.05) is 7.11 Å². The first-order chi connectivity index (χ1) is 5.70. The molecule has 1 saturated heterocycles. The molecule has 1 heterocycles. The quantitative estimate of drug-likeness (QED) is 0.642. The SMILES string of the molecule is COCC1(C)CCC(CC#N)O1. The fourth-order valence-corrected chi connectivity index (χ4v) is 1.64. The standard InChI is InChI=1S/C9H15NO2/c1-9(7-11-2)5-3-8(12-9)4-6-10/h8H,3-5,7H2,1-2H3. The summed E-state index contributed by atoms with van der Waals surface area (Å²) in [6.07, 6.45) is 2.59. The van der Waals surface area contributed by atoms with Crippen molar-refractivity contribution in [2.45, 2.75) is 37.9 Å². The Hall–Kier alpha value is -0.590. The van der Waals surface area contributed by atoms with Crippen LogP contribution in [0.25, 0.3) is 0 Å². The van der Waals surface area contributed by atoms with Gasteiger partial charge in [-0.2, -0.15) is 5.26 Å². The molecule has 0 spiro atoms. The van der Waals surface area contributed by atoms with Gasteiger partial charge in [-0.05, 0) is 19.8 Å². The Balaban J connectivity index is 2.38. The first-order valence-electron chi connectivity index (χ1n) is 4.24.